The Morgan fingerprint density at radius 1 is 1.50 bits per heavy atom. The molecule has 0 aromatic carbocycles. The monoisotopic (exact) mass is 222 g/mol. The summed E-state index contributed by atoms with van der Waals surface area (Å²) < 4.78 is 24.6. The van der Waals surface area contributed by atoms with Gasteiger partial charge in [0.25, 0.3) is 0 Å². The molecule has 5 nitrogen and oxygen atoms in total. The van der Waals surface area contributed by atoms with E-state index in [-0.39, 0.29) is 11.8 Å². The number of sulfonamides is 1. The van der Waals surface area contributed by atoms with Crippen LogP contribution in [0.1, 0.15) is 13.3 Å². The second-order valence-corrected chi connectivity index (χ2v) is 5.77. The summed E-state index contributed by atoms with van der Waals surface area (Å²) in [5.41, 5.74) is 0. The van der Waals surface area contributed by atoms with Crippen molar-refractivity contribution in [1.29, 1.82) is 0 Å². The second kappa shape index (κ2) is 4.57. The molecule has 1 aliphatic rings. The SMILES string of the molecule is CCCS(=O)(=O)N(C)[C@H]1CNC[C@@H]1O. The summed E-state index contributed by atoms with van der Waals surface area (Å²) in [4.78, 5) is 0. The summed E-state index contributed by atoms with van der Waals surface area (Å²) in [6.07, 6.45) is 0.00903. The maximum Gasteiger partial charge on any atom is 0.214 e. The molecule has 1 rings (SSSR count). The lowest BCUT2D eigenvalue weighted by atomic mass is 10.2. The van der Waals surface area contributed by atoms with Gasteiger partial charge in [-0.25, -0.2) is 8.42 Å². The van der Waals surface area contributed by atoms with Crippen LogP contribution < -0.4 is 5.32 Å². The van der Waals surface area contributed by atoms with E-state index in [1.807, 2.05) is 6.92 Å². The van der Waals surface area contributed by atoms with Gasteiger partial charge in [0.2, 0.25) is 10.0 Å². The first kappa shape index (κ1) is 11.9. The predicted molar refractivity (Wildman–Crippen MR) is 54.5 cm³/mol. The summed E-state index contributed by atoms with van der Waals surface area (Å²) in [6, 6.07) is -0.313. The number of aliphatic hydroxyl groups is 1. The van der Waals surface area contributed by atoms with Crippen LogP contribution >= 0.6 is 0 Å². The van der Waals surface area contributed by atoms with E-state index in [2.05, 4.69) is 5.32 Å². The van der Waals surface area contributed by atoms with E-state index < -0.39 is 16.1 Å². The molecule has 0 aromatic heterocycles. The van der Waals surface area contributed by atoms with Crippen LogP contribution in [0.4, 0.5) is 0 Å². The molecule has 2 N–H and O–H groups in total. The van der Waals surface area contributed by atoms with Crippen LogP contribution in [0.3, 0.4) is 0 Å². The minimum atomic E-state index is -3.19. The van der Waals surface area contributed by atoms with Crippen LogP contribution in [0, 0.1) is 0 Å². The molecule has 0 aromatic rings. The lowest BCUT2D eigenvalue weighted by molar-refractivity contribution is 0.136. The van der Waals surface area contributed by atoms with E-state index in [4.69, 9.17) is 0 Å². The van der Waals surface area contributed by atoms with Gasteiger partial charge < -0.3 is 10.4 Å². The summed E-state index contributed by atoms with van der Waals surface area (Å²) in [5, 5.41) is 12.5. The first-order chi connectivity index (χ1) is 6.49. The molecule has 0 radical (unpaired) electrons. The Balaban J connectivity index is 2.68. The zero-order valence-electron chi connectivity index (χ0n) is 8.60. The van der Waals surface area contributed by atoms with Crippen molar-refractivity contribution in [1.82, 2.24) is 9.62 Å². The van der Waals surface area contributed by atoms with Gasteiger partial charge in [-0.15, -0.1) is 0 Å². The number of nitrogens with zero attached hydrogens (tertiary/aromatic N) is 1. The highest BCUT2D eigenvalue weighted by molar-refractivity contribution is 7.89. The van der Waals surface area contributed by atoms with Crippen molar-refractivity contribution in [3.05, 3.63) is 0 Å². The Bertz CT molecular complexity index is 278. The van der Waals surface area contributed by atoms with Gasteiger partial charge >= 0.3 is 0 Å². The van der Waals surface area contributed by atoms with Crippen molar-refractivity contribution in [2.24, 2.45) is 0 Å². The molecule has 84 valence electrons. The lowest BCUT2D eigenvalue weighted by Gasteiger charge is -2.25. The number of nitrogens with one attached hydrogen (secondary N) is 1. The van der Waals surface area contributed by atoms with Crippen molar-refractivity contribution in [2.75, 3.05) is 25.9 Å². The normalized spacial score (nSPS) is 28.6. The van der Waals surface area contributed by atoms with Crippen molar-refractivity contribution < 1.29 is 13.5 Å². The largest absolute Gasteiger partial charge is 0.390 e. The molecule has 0 bridgehead atoms. The Kier molecular flexibility index (Phi) is 3.88. The summed E-state index contributed by atoms with van der Waals surface area (Å²) in [6.45, 7) is 2.83. The molecule has 0 saturated carbocycles. The highest BCUT2D eigenvalue weighted by Crippen LogP contribution is 2.12. The van der Waals surface area contributed by atoms with Crippen LogP contribution in [0.25, 0.3) is 0 Å². The van der Waals surface area contributed by atoms with Crippen LogP contribution in [-0.2, 0) is 10.0 Å². The summed E-state index contributed by atoms with van der Waals surface area (Å²) in [7, 11) is -1.66. The topological polar surface area (TPSA) is 69.6 Å². The molecule has 0 aliphatic carbocycles. The van der Waals surface area contributed by atoms with Gasteiger partial charge in [-0.2, -0.15) is 4.31 Å². The van der Waals surface area contributed by atoms with E-state index in [9.17, 15) is 13.5 Å². The van der Waals surface area contributed by atoms with E-state index in [1.54, 1.807) is 0 Å². The fourth-order valence-corrected chi connectivity index (χ4v) is 3.06. The average molecular weight is 222 g/mol. The molecule has 0 amide bonds. The average Bonchev–Trinajstić information content (AvgIpc) is 2.50. The minimum Gasteiger partial charge on any atom is -0.390 e. The third kappa shape index (κ3) is 2.44. The summed E-state index contributed by atoms with van der Waals surface area (Å²) >= 11 is 0. The van der Waals surface area contributed by atoms with E-state index in [0.717, 1.165) is 0 Å². The number of β-amino-alcohol motifs (C(OH)–C–C–N with tert-alkyl or cyclic N) is 1. The lowest BCUT2D eigenvalue weighted by Crippen LogP contribution is -2.45. The molecule has 1 heterocycles. The number of aliphatic hydroxyl groups excluding tert-OH is 1. The molecular formula is C8H18N2O3S. The Labute approximate surface area is 85.2 Å². The first-order valence-corrected chi connectivity index (χ1v) is 6.44. The molecule has 1 fully saturated rings. The van der Waals surface area contributed by atoms with Gasteiger partial charge in [0.15, 0.2) is 0 Å². The molecule has 1 aliphatic heterocycles. The maximum absolute atomic E-state index is 11.7. The predicted octanol–water partition coefficient (Wildman–Crippen LogP) is -1.01. The van der Waals surface area contributed by atoms with Crippen molar-refractivity contribution in [2.45, 2.75) is 25.5 Å². The quantitative estimate of drug-likeness (QED) is 0.639. The maximum atomic E-state index is 11.7. The highest BCUT2D eigenvalue weighted by Gasteiger charge is 2.34. The number of likely N-dealkylation sites (N-methyl/N-ethyl adjacent to an activating group) is 1. The highest BCUT2D eigenvalue weighted by atomic mass is 32.2. The van der Waals surface area contributed by atoms with E-state index in [0.29, 0.717) is 19.5 Å². The Hall–Kier alpha value is -0.170. The standard InChI is InChI=1S/C8H18N2O3S/c1-3-4-14(12,13)10(2)7-5-9-6-8(7)11/h7-9,11H,3-6H2,1-2H3/t7-,8-/m0/s1. The van der Waals surface area contributed by atoms with Crippen molar-refractivity contribution in [3.8, 4) is 0 Å². The fourth-order valence-electron chi connectivity index (χ4n) is 1.63. The van der Waals surface area contributed by atoms with Gasteiger partial charge in [0.05, 0.1) is 17.9 Å². The van der Waals surface area contributed by atoms with Gasteiger partial charge in [0, 0.05) is 20.1 Å². The van der Waals surface area contributed by atoms with Crippen molar-refractivity contribution >= 4 is 10.0 Å². The molecular weight excluding hydrogens is 204 g/mol. The smallest absolute Gasteiger partial charge is 0.214 e. The molecule has 6 heteroatoms. The third-order valence-corrected chi connectivity index (χ3v) is 4.59. The Morgan fingerprint density at radius 2 is 2.14 bits per heavy atom. The number of rotatable bonds is 4. The van der Waals surface area contributed by atoms with Gasteiger partial charge in [-0.3, -0.25) is 0 Å². The zero-order valence-corrected chi connectivity index (χ0v) is 9.42. The fraction of sp³-hybridized carbons (Fsp3) is 1.00. The third-order valence-electron chi connectivity index (χ3n) is 2.52. The van der Waals surface area contributed by atoms with Gasteiger partial charge in [-0.1, -0.05) is 6.92 Å². The molecule has 0 spiro atoms. The molecule has 2 atom stereocenters. The summed E-state index contributed by atoms with van der Waals surface area (Å²) in [5.74, 6) is 0.146. The van der Waals surface area contributed by atoms with E-state index in [1.165, 1.54) is 11.4 Å². The molecule has 14 heavy (non-hydrogen) atoms. The van der Waals surface area contributed by atoms with Gasteiger partial charge in [-0.05, 0) is 6.42 Å². The second-order valence-electron chi connectivity index (χ2n) is 3.63. The van der Waals surface area contributed by atoms with Crippen LogP contribution in [0.2, 0.25) is 0 Å². The van der Waals surface area contributed by atoms with Crippen LogP contribution in [-0.4, -0.2) is 55.9 Å². The Morgan fingerprint density at radius 3 is 2.57 bits per heavy atom. The zero-order chi connectivity index (χ0) is 10.8. The van der Waals surface area contributed by atoms with Crippen LogP contribution in [0.15, 0.2) is 0 Å². The first-order valence-electron chi connectivity index (χ1n) is 4.83. The van der Waals surface area contributed by atoms with Gasteiger partial charge in [0.1, 0.15) is 0 Å². The number of hydrogen-bond acceptors (Lipinski definition) is 4. The molecule has 1 saturated heterocycles. The minimum absolute atomic E-state index is 0.146. The number of hydrogen-bond donors (Lipinski definition) is 2. The van der Waals surface area contributed by atoms with E-state index >= 15 is 0 Å². The van der Waals surface area contributed by atoms with Crippen molar-refractivity contribution in [3.63, 3.8) is 0 Å². The van der Waals surface area contributed by atoms with Crippen LogP contribution in [0.5, 0.6) is 0 Å². The molecule has 0 unspecified atom stereocenters.